The minimum Gasteiger partial charge on any atom is -0.411 e. The van der Waals surface area contributed by atoms with Crippen LogP contribution in [0, 0.1) is 11.8 Å². The van der Waals surface area contributed by atoms with Crippen LogP contribution in [0.5, 0.6) is 0 Å². The maximum absolute atomic E-state index is 11.2. The molecule has 0 aromatic heterocycles. The number of ether oxygens (including phenoxy) is 4. The van der Waals surface area contributed by atoms with Crippen molar-refractivity contribution in [2.24, 2.45) is 0 Å². The smallest absolute Gasteiger partial charge is 0.265 e. The van der Waals surface area contributed by atoms with E-state index in [-0.39, 0.29) is 17.7 Å². The lowest BCUT2D eigenvalue weighted by Gasteiger charge is -2.49. The van der Waals surface area contributed by atoms with Gasteiger partial charge in [-0.1, -0.05) is 62.9 Å². The van der Waals surface area contributed by atoms with Crippen LogP contribution >= 0.6 is 0 Å². The van der Waals surface area contributed by atoms with Crippen molar-refractivity contribution in [1.82, 2.24) is 0 Å². The molecular formula is C25H38O8SSi. The molecule has 2 aliphatic heterocycles. The monoisotopic (exact) mass is 526 g/mol. The van der Waals surface area contributed by atoms with E-state index in [4.69, 9.17) is 27.6 Å². The maximum Gasteiger partial charge on any atom is 0.265 e. The Bertz CT molecular complexity index is 1010. The zero-order valence-corrected chi connectivity index (χ0v) is 23.5. The van der Waals surface area contributed by atoms with Crippen LogP contribution in [0.2, 0.25) is 18.1 Å². The topological polar surface area (TPSA) is 89.5 Å². The molecule has 8 nitrogen and oxygen atoms in total. The Hall–Kier alpha value is -1.29. The molecule has 2 saturated heterocycles. The summed E-state index contributed by atoms with van der Waals surface area (Å²) in [5, 5.41) is -0.0218. The van der Waals surface area contributed by atoms with Gasteiger partial charge in [-0.25, -0.2) is 0 Å². The fourth-order valence-electron chi connectivity index (χ4n) is 3.90. The van der Waals surface area contributed by atoms with E-state index in [0.29, 0.717) is 19.4 Å². The van der Waals surface area contributed by atoms with Gasteiger partial charge in [0.2, 0.25) is 0 Å². The third-order valence-corrected chi connectivity index (χ3v) is 11.9. The van der Waals surface area contributed by atoms with Crippen molar-refractivity contribution in [2.75, 3.05) is 20.0 Å². The summed E-state index contributed by atoms with van der Waals surface area (Å²) in [6, 6.07) is 9.94. The normalized spacial score (nSPS) is 29.3. The molecular weight excluding hydrogens is 488 g/mol. The Balaban J connectivity index is 1.91. The van der Waals surface area contributed by atoms with E-state index < -0.39 is 42.7 Å². The van der Waals surface area contributed by atoms with Gasteiger partial charge in [0.05, 0.1) is 19.0 Å². The highest BCUT2D eigenvalue weighted by atomic mass is 32.2. The molecule has 0 amide bonds. The molecule has 2 heterocycles. The first-order valence-electron chi connectivity index (χ1n) is 11.8. The summed E-state index contributed by atoms with van der Waals surface area (Å²) in [5.74, 6) is 5.74. The Morgan fingerprint density at radius 1 is 1.17 bits per heavy atom. The second-order valence-electron chi connectivity index (χ2n) is 10.6. The summed E-state index contributed by atoms with van der Waals surface area (Å²) in [7, 11) is -4.19. The van der Waals surface area contributed by atoms with Crippen LogP contribution in [0.3, 0.4) is 0 Å². The minimum absolute atomic E-state index is 0.0218. The fraction of sp³-hybridized carbons (Fsp3) is 0.680. The maximum atomic E-state index is 11.2. The van der Waals surface area contributed by atoms with E-state index in [1.807, 2.05) is 30.3 Å². The van der Waals surface area contributed by atoms with E-state index in [1.54, 1.807) is 7.11 Å². The predicted molar refractivity (Wildman–Crippen MR) is 134 cm³/mol. The number of benzene rings is 1. The second kappa shape index (κ2) is 11.0. The molecule has 0 bridgehead atoms. The predicted octanol–water partition coefficient (Wildman–Crippen LogP) is 3.82. The van der Waals surface area contributed by atoms with Crippen molar-refractivity contribution >= 4 is 18.4 Å². The number of rotatable bonds is 8. The molecule has 1 aromatic rings. The van der Waals surface area contributed by atoms with E-state index in [9.17, 15) is 8.42 Å². The van der Waals surface area contributed by atoms with Gasteiger partial charge in [0.1, 0.15) is 18.3 Å². The average molecular weight is 527 g/mol. The van der Waals surface area contributed by atoms with Gasteiger partial charge in [-0.3, -0.25) is 4.18 Å². The molecule has 0 spiro atoms. The van der Waals surface area contributed by atoms with Crippen LogP contribution in [0.4, 0.5) is 0 Å². The van der Waals surface area contributed by atoms with Crippen LogP contribution in [0.25, 0.3) is 0 Å². The minimum atomic E-state index is -3.57. The van der Waals surface area contributed by atoms with Crippen LogP contribution < -0.4 is 0 Å². The van der Waals surface area contributed by atoms with Gasteiger partial charge < -0.3 is 23.4 Å². The lowest BCUT2D eigenvalue weighted by molar-refractivity contribution is -0.293. The number of fused-ring (bicyclic) bond motifs is 1. The Morgan fingerprint density at radius 3 is 2.46 bits per heavy atom. The first-order chi connectivity index (χ1) is 16.3. The first-order valence-corrected chi connectivity index (χ1v) is 16.5. The molecule has 1 unspecified atom stereocenters. The average Bonchev–Trinajstić information content (AvgIpc) is 3.14. The van der Waals surface area contributed by atoms with Gasteiger partial charge >= 0.3 is 0 Å². The molecule has 0 saturated carbocycles. The number of hydrogen-bond acceptors (Lipinski definition) is 8. The zero-order valence-electron chi connectivity index (χ0n) is 21.7. The fourth-order valence-corrected chi connectivity index (χ4v) is 5.54. The highest BCUT2D eigenvalue weighted by Crippen LogP contribution is 2.48. The largest absolute Gasteiger partial charge is 0.411 e. The quantitative estimate of drug-likeness (QED) is 0.287. The van der Waals surface area contributed by atoms with Crippen molar-refractivity contribution in [3.8, 4) is 11.8 Å². The van der Waals surface area contributed by atoms with Crippen molar-refractivity contribution in [1.29, 1.82) is 0 Å². The summed E-state index contributed by atoms with van der Waals surface area (Å²) < 4.78 is 58.7. The highest BCUT2D eigenvalue weighted by molar-refractivity contribution is 7.86. The molecule has 2 aliphatic rings. The highest BCUT2D eigenvalue weighted by Gasteiger charge is 2.61. The lowest BCUT2D eigenvalue weighted by Crippen LogP contribution is -2.62. The molecule has 5 atom stereocenters. The summed E-state index contributed by atoms with van der Waals surface area (Å²) in [5.41, 5.74) is 0.153. The third-order valence-electron chi connectivity index (χ3n) is 6.89. The summed E-state index contributed by atoms with van der Waals surface area (Å²) in [6.45, 7) is 11.1. The lowest BCUT2D eigenvalue weighted by atomic mass is 9.87. The van der Waals surface area contributed by atoms with E-state index in [2.05, 4.69) is 45.7 Å². The standard InChI is InChI=1S/C25H38O8SSi/c1-24(2,3)35(6,7)33-21-16-20(14-11-15-30-34(5,26)27)31-23-25(21,17-22(28-4)32-23)29-18-19-12-9-8-10-13-19/h8-10,12-13,20-23H,15-18H2,1-7H3/t20-,21+,22+,23?,25+/m1/s1. The van der Waals surface area contributed by atoms with Gasteiger partial charge in [0, 0.05) is 20.0 Å². The number of methoxy groups -OCH3 is 1. The molecule has 2 fully saturated rings. The Labute approximate surface area is 210 Å². The van der Waals surface area contributed by atoms with E-state index in [1.165, 1.54) is 0 Å². The molecule has 0 N–H and O–H groups in total. The van der Waals surface area contributed by atoms with Crippen LogP contribution in [0.1, 0.15) is 39.2 Å². The van der Waals surface area contributed by atoms with Crippen molar-refractivity contribution in [3.63, 3.8) is 0 Å². The van der Waals surface area contributed by atoms with Gasteiger partial charge in [0.15, 0.2) is 20.9 Å². The van der Waals surface area contributed by atoms with Crippen LogP contribution in [-0.2, 0) is 44.3 Å². The molecule has 0 aliphatic carbocycles. The van der Waals surface area contributed by atoms with Gasteiger partial charge in [0.25, 0.3) is 10.1 Å². The molecule has 35 heavy (non-hydrogen) atoms. The van der Waals surface area contributed by atoms with Gasteiger partial charge in [-0.05, 0) is 23.7 Å². The van der Waals surface area contributed by atoms with Gasteiger partial charge in [-0.2, -0.15) is 8.42 Å². The Kier molecular flexibility index (Phi) is 8.88. The van der Waals surface area contributed by atoms with Crippen LogP contribution in [-0.4, -0.2) is 67.1 Å². The van der Waals surface area contributed by atoms with Crippen molar-refractivity contribution < 1.29 is 36.0 Å². The first kappa shape index (κ1) is 28.3. The molecule has 10 heteroatoms. The van der Waals surface area contributed by atoms with Crippen molar-refractivity contribution in [3.05, 3.63) is 35.9 Å². The van der Waals surface area contributed by atoms with Gasteiger partial charge in [-0.15, -0.1) is 0 Å². The molecule has 196 valence electrons. The Morgan fingerprint density at radius 2 is 1.86 bits per heavy atom. The summed E-state index contributed by atoms with van der Waals surface area (Å²) >= 11 is 0. The molecule has 0 radical (unpaired) electrons. The van der Waals surface area contributed by atoms with E-state index >= 15 is 0 Å². The van der Waals surface area contributed by atoms with Crippen LogP contribution in [0.15, 0.2) is 30.3 Å². The number of hydrogen-bond donors (Lipinski definition) is 0. The third kappa shape index (κ3) is 7.14. The van der Waals surface area contributed by atoms with E-state index in [0.717, 1.165) is 11.8 Å². The molecule has 3 rings (SSSR count). The van der Waals surface area contributed by atoms with Crippen molar-refractivity contribution in [2.45, 2.75) is 88.7 Å². The summed E-state index contributed by atoms with van der Waals surface area (Å²) in [4.78, 5) is 0. The SMILES string of the molecule is CO[C@@H]1C[C@@]2(OCc3ccccc3)C(O1)O[C@H](C#CCOS(C)(=O)=O)C[C@@H]2O[Si](C)(C)C(C)(C)C. The molecule has 1 aromatic carbocycles. The second-order valence-corrected chi connectivity index (χ2v) is 17.0. The zero-order chi connectivity index (χ0) is 25.9. The summed E-state index contributed by atoms with van der Waals surface area (Å²) in [6.07, 6.45) is -0.273.